The first-order valence-corrected chi connectivity index (χ1v) is 10.0. The number of pyridine rings is 1. The van der Waals surface area contributed by atoms with Gasteiger partial charge in [0.2, 0.25) is 0 Å². The standard InChI is InChI=1S/C18H21N3O4S/c1-21(15-7-9-26(23,24)12-15)18(22)13-6-8-19-17(10-13)20-14-4-3-5-16(11-14)25-2/h3-6,8,10-11,15H,7,9,12H2,1-2H3,(H,19,20). The fourth-order valence-electron chi connectivity index (χ4n) is 2.93. The fourth-order valence-corrected chi connectivity index (χ4v) is 4.71. The number of hydrogen-bond donors (Lipinski definition) is 1. The van der Waals surface area contributed by atoms with Crippen LogP contribution in [0, 0.1) is 0 Å². The molecule has 1 atom stereocenters. The van der Waals surface area contributed by atoms with E-state index in [1.54, 1.807) is 32.5 Å². The fraction of sp³-hybridized carbons (Fsp3) is 0.333. The Labute approximate surface area is 152 Å². The molecule has 26 heavy (non-hydrogen) atoms. The normalized spacial score (nSPS) is 18.3. The number of aromatic nitrogens is 1. The van der Waals surface area contributed by atoms with Crippen LogP contribution in [0.15, 0.2) is 42.6 Å². The maximum absolute atomic E-state index is 12.7. The van der Waals surface area contributed by atoms with Crippen molar-refractivity contribution in [2.24, 2.45) is 0 Å². The Morgan fingerprint density at radius 1 is 1.31 bits per heavy atom. The molecular formula is C18H21N3O4S. The highest BCUT2D eigenvalue weighted by atomic mass is 32.2. The molecule has 7 nitrogen and oxygen atoms in total. The van der Waals surface area contributed by atoms with Gasteiger partial charge in [-0.15, -0.1) is 0 Å². The molecule has 1 saturated heterocycles. The summed E-state index contributed by atoms with van der Waals surface area (Å²) in [5.41, 5.74) is 1.24. The molecule has 1 unspecified atom stereocenters. The molecule has 0 aliphatic carbocycles. The number of carbonyl (C=O) groups excluding carboxylic acids is 1. The molecule has 2 heterocycles. The molecule has 0 radical (unpaired) electrons. The minimum Gasteiger partial charge on any atom is -0.497 e. The van der Waals surface area contributed by atoms with Crippen molar-refractivity contribution in [2.75, 3.05) is 31.0 Å². The maximum Gasteiger partial charge on any atom is 0.254 e. The number of amides is 1. The Morgan fingerprint density at radius 2 is 2.12 bits per heavy atom. The highest BCUT2D eigenvalue weighted by molar-refractivity contribution is 7.91. The van der Waals surface area contributed by atoms with Crippen LogP contribution in [-0.2, 0) is 9.84 Å². The average Bonchev–Trinajstić information content (AvgIpc) is 3.00. The topological polar surface area (TPSA) is 88.6 Å². The Morgan fingerprint density at radius 3 is 2.81 bits per heavy atom. The number of benzene rings is 1. The number of nitrogens with zero attached hydrogens (tertiary/aromatic N) is 2. The third-order valence-electron chi connectivity index (χ3n) is 4.43. The first-order chi connectivity index (χ1) is 12.4. The lowest BCUT2D eigenvalue weighted by atomic mass is 10.1. The van der Waals surface area contributed by atoms with Gasteiger partial charge in [-0.2, -0.15) is 0 Å². The molecule has 138 valence electrons. The van der Waals surface area contributed by atoms with Gasteiger partial charge in [-0.05, 0) is 30.7 Å². The summed E-state index contributed by atoms with van der Waals surface area (Å²) < 4.78 is 28.5. The van der Waals surface area contributed by atoms with Gasteiger partial charge in [0.25, 0.3) is 5.91 Å². The van der Waals surface area contributed by atoms with E-state index in [-0.39, 0.29) is 23.5 Å². The molecule has 0 saturated carbocycles. The third-order valence-corrected chi connectivity index (χ3v) is 6.18. The highest BCUT2D eigenvalue weighted by Gasteiger charge is 2.33. The number of anilines is 2. The lowest BCUT2D eigenvalue weighted by Gasteiger charge is -2.23. The maximum atomic E-state index is 12.7. The molecule has 0 bridgehead atoms. The molecule has 0 spiro atoms. The van der Waals surface area contributed by atoms with Gasteiger partial charge in [-0.1, -0.05) is 6.07 Å². The Balaban J connectivity index is 1.75. The van der Waals surface area contributed by atoms with Crippen molar-refractivity contribution in [3.8, 4) is 5.75 Å². The largest absolute Gasteiger partial charge is 0.497 e. The van der Waals surface area contributed by atoms with Crippen molar-refractivity contribution in [2.45, 2.75) is 12.5 Å². The van der Waals surface area contributed by atoms with Crippen LogP contribution in [0.1, 0.15) is 16.8 Å². The van der Waals surface area contributed by atoms with Crippen molar-refractivity contribution < 1.29 is 17.9 Å². The van der Waals surface area contributed by atoms with Gasteiger partial charge in [0.15, 0.2) is 9.84 Å². The third kappa shape index (κ3) is 4.13. The second-order valence-corrected chi connectivity index (χ2v) is 8.49. The number of nitrogens with one attached hydrogen (secondary N) is 1. The molecule has 1 aliphatic rings. The van der Waals surface area contributed by atoms with E-state index in [4.69, 9.17) is 4.74 Å². The lowest BCUT2D eigenvalue weighted by Crippen LogP contribution is -2.37. The molecular weight excluding hydrogens is 354 g/mol. The number of hydrogen-bond acceptors (Lipinski definition) is 6. The number of carbonyl (C=O) groups is 1. The van der Waals surface area contributed by atoms with Crippen LogP contribution in [0.25, 0.3) is 0 Å². The zero-order valence-corrected chi connectivity index (χ0v) is 15.5. The SMILES string of the molecule is COc1cccc(Nc2cc(C(=O)N(C)C3CCS(=O)(=O)C3)ccn2)c1. The summed E-state index contributed by atoms with van der Waals surface area (Å²) in [4.78, 5) is 18.4. The van der Waals surface area contributed by atoms with E-state index >= 15 is 0 Å². The summed E-state index contributed by atoms with van der Waals surface area (Å²) in [7, 11) is 0.193. The Hall–Kier alpha value is -2.61. The Kier molecular flexibility index (Phi) is 5.13. The van der Waals surface area contributed by atoms with E-state index < -0.39 is 9.84 Å². The van der Waals surface area contributed by atoms with E-state index in [0.29, 0.717) is 23.6 Å². The van der Waals surface area contributed by atoms with Crippen molar-refractivity contribution in [3.63, 3.8) is 0 Å². The van der Waals surface area contributed by atoms with Crippen molar-refractivity contribution in [1.82, 2.24) is 9.88 Å². The number of rotatable bonds is 5. The number of sulfone groups is 1. The van der Waals surface area contributed by atoms with E-state index in [2.05, 4.69) is 10.3 Å². The molecule has 1 aromatic heterocycles. The molecule has 1 aromatic carbocycles. The van der Waals surface area contributed by atoms with Gasteiger partial charge in [0.1, 0.15) is 11.6 Å². The summed E-state index contributed by atoms with van der Waals surface area (Å²) in [5.74, 6) is 1.17. The monoisotopic (exact) mass is 375 g/mol. The lowest BCUT2D eigenvalue weighted by molar-refractivity contribution is 0.0747. The van der Waals surface area contributed by atoms with Gasteiger partial charge in [0.05, 0.1) is 18.6 Å². The summed E-state index contributed by atoms with van der Waals surface area (Å²) >= 11 is 0. The van der Waals surface area contributed by atoms with E-state index in [9.17, 15) is 13.2 Å². The molecule has 2 aromatic rings. The second-order valence-electron chi connectivity index (χ2n) is 6.26. The van der Waals surface area contributed by atoms with E-state index in [1.807, 2.05) is 24.3 Å². The summed E-state index contributed by atoms with van der Waals surface area (Å²) in [6.07, 6.45) is 2.03. The van der Waals surface area contributed by atoms with Crippen molar-refractivity contribution in [1.29, 1.82) is 0 Å². The predicted molar refractivity (Wildman–Crippen MR) is 99.7 cm³/mol. The molecule has 8 heteroatoms. The summed E-state index contributed by atoms with van der Waals surface area (Å²) in [5, 5.41) is 3.14. The summed E-state index contributed by atoms with van der Waals surface area (Å²) in [6.45, 7) is 0. The molecule has 1 aliphatic heterocycles. The zero-order chi connectivity index (χ0) is 18.7. The van der Waals surface area contributed by atoms with E-state index in [0.717, 1.165) is 5.69 Å². The van der Waals surface area contributed by atoms with E-state index in [1.165, 1.54) is 4.90 Å². The van der Waals surface area contributed by atoms with Crippen LogP contribution in [0.4, 0.5) is 11.5 Å². The molecule has 1 amide bonds. The first kappa shape index (κ1) is 18.2. The van der Waals surface area contributed by atoms with Crippen molar-refractivity contribution in [3.05, 3.63) is 48.2 Å². The van der Waals surface area contributed by atoms with Crippen LogP contribution in [-0.4, -0.2) is 55.9 Å². The van der Waals surface area contributed by atoms with Crippen LogP contribution < -0.4 is 10.1 Å². The molecule has 1 fully saturated rings. The van der Waals surface area contributed by atoms with Crippen molar-refractivity contribution >= 4 is 27.2 Å². The molecule has 3 rings (SSSR count). The van der Waals surface area contributed by atoms with Crippen LogP contribution in [0.2, 0.25) is 0 Å². The first-order valence-electron chi connectivity index (χ1n) is 8.23. The smallest absolute Gasteiger partial charge is 0.254 e. The predicted octanol–water partition coefficient (Wildman–Crippen LogP) is 2.09. The quantitative estimate of drug-likeness (QED) is 0.861. The van der Waals surface area contributed by atoms with Gasteiger partial charge < -0.3 is 15.0 Å². The minimum atomic E-state index is -3.04. The highest BCUT2D eigenvalue weighted by Crippen LogP contribution is 2.22. The Bertz CT molecular complexity index is 914. The summed E-state index contributed by atoms with van der Waals surface area (Å²) in [6, 6.07) is 10.4. The van der Waals surface area contributed by atoms with Gasteiger partial charge >= 0.3 is 0 Å². The van der Waals surface area contributed by atoms with Crippen LogP contribution >= 0.6 is 0 Å². The van der Waals surface area contributed by atoms with Gasteiger partial charge in [-0.25, -0.2) is 13.4 Å². The van der Waals surface area contributed by atoms with Gasteiger partial charge in [-0.3, -0.25) is 4.79 Å². The molecule has 1 N–H and O–H groups in total. The van der Waals surface area contributed by atoms with Crippen LogP contribution in [0.3, 0.4) is 0 Å². The average molecular weight is 375 g/mol. The minimum absolute atomic E-state index is 0.0231. The van der Waals surface area contributed by atoms with Crippen LogP contribution in [0.5, 0.6) is 5.75 Å². The van der Waals surface area contributed by atoms with Gasteiger partial charge in [0, 0.05) is 36.6 Å². The number of methoxy groups -OCH3 is 1. The number of ether oxygens (including phenoxy) is 1. The zero-order valence-electron chi connectivity index (χ0n) is 14.7. The second kappa shape index (κ2) is 7.33.